The van der Waals surface area contributed by atoms with Crippen molar-refractivity contribution in [3.8, 4) is 0 Å². The fraction of sp³-hybridized carbons (Fsp3) is 0.600. The van der Waals surface area contributed by atoms with Gasteiger partial charge in [-0.15, -0.1) is 0 Å². The van der Waals surface area contributed by atoms with Crippen LogP contribution in [0.15, 0.2) is 18.2 Å². The van der Waals surface area contributed by atoms with E-state index >= 15 is 0 Å². The third-order valence-corrected chi connectivity index (χ3v) is 4.38. The molecule has 0 saturated heterocycles. The van der Waals surface area contributed by atoms with Gasteiger partial charge in [0.2, 0.25) is 0 Å². The molecule has 3 nitrogen and oxygen atoms in total. The molecule has 0 spiro atoms. The molecular weight excluding hydrogens is 279 g/mol. The lowest BCUT2D eigenvalue weighted by molar-refractivity contribution is -0.0614. The van der Waals surface area contributed by atoms with E-state index in [1.807, 2.05) is 6.92 Å². The lowest BCUT2D eigenvalue weighted by Crippen LogP contribution is -2.54. The van der Waals surface area contributed by atoms with Crippen LogP contribution >= 0.6 is 11.6 Å². The highest BCUT2D eigenvalue weighted by Gasteiger charge is 2.42. The van der Waals surface area contributed by atoms with Crippen LogP contribution < -0.4 is 11.3 Å². The van der Waals surface area contributed by atoms with Gasteiger partial charge < -0.3 is 4.74 Å². The second kappa shape index (κ2) is 6.85. The summed E-state index contributed by atoms with van der Waals surface area (Å²) in [6, 6.07) is 4.50. The minimum atomic E-state index is -0.293. The van der Waals surface area contributed by atoms with Crippen molar-refractivity contribution in [2.45, 2.75) is 50.7 Å². The molecule has 1 aliphatic rings. The summed E-state index contributed by atoms with van der Waals surface area (Å²) in [6.45, 7) is 2.61. The second-order valence-corrected chi connectivity index (χ2v) is 5.80. The zero-order valence-corrected chi connectivity index (χ0v) is 12.5. The average Bonchev–Trinajstić information content (AvgIpc) is 2.89. The lowest BCUT2D eigenvalue weighted by Gasteiger charge is -2.37. The van der Waals surface area contributed by atoms with Gasteiger partial charge in [0.25, 0.3) is 0 Å². The maximum Gasteiger partial charge on any atom is 0.126 e. The molecule has 1 fully saturated rings. The number of ether oxygens (including phenoxy) is 1. The molecule has 1 aliphatic carbocycles. The molecule has 5 heteroatoms. The first kappa shape index (κ1) is 15.7. The molecule has 1 saturated carbocycles. The molecule has 20 heavy (non-hydrogen) atoms. The van der Waals surface area contributed by atoms with Crippen LogP contribution in [0.25, 0.3) is 0 Å². The average molecular weight is 301 g/mol. The largest absolute Gasteiger partial charge is 0.374 e. The summed E-state index contributed by atoms with van der Waals surface area (Å²) in [5.74, 6) is 5.47. The van der Waals surface area contributed by atoms with Crippen molar-refractivity contribution < 1.29 is 9.13 Å². The van der Waals surface area contributed by atoms with Gasteiger partial charge in [0.05, 0.1) is 11.6 Å². The highest BCUT2D eigenvalue weighted by atomic mass is 35.5. The predicted molar refractivity (Wildman–Crippen MR) is 79.1 cm³/mol. The molecule has 3 N–H and O–H groups in total. The first-order valence-electron chi connectivity index (χ1n) is 7.15. The fourth-order valence-corrected chi connectivity index (χ4v) is 3.37. The van der Waals surface area contributed by atoms with Crippen LogP contribution in [0.1, 0.15) is 38.2 Å². The maximum absolute atomic E-state index is 13.9. The van der Waals surface area contributed by atoms with E-state index in [4.69, 9.17) is 22.2 Å². The van der Waals surface area contributed by atoms with Crippen molar-refractivity contribution in [2.75, 3.05) is 6.61 Å². The molecule has 0 aliphatic heterocycles. The Labute approximate surface area is 124 Å². The Hall–Kier alpha value is -0.680. The van der Waals surface area contributed by atoms with E-state index in [2.05, 4.69) is 5.43 Å². The number of hydrogen-bond donors (Lipinski definition) is 2. The van der Waals surface area contributed by atoms with E-state index in [1.54, 1.807) is 12.1 Å². The number of nitrogens with one attached hydrogen (secondary N) is 1. The zero-order valence-electron chi connectivity index (χ0n) is 11.8. The quantitative estimate of drug-likeness (QED) is 0.626. The van der Waals surface area contributed by atoms with Gasteiger partial charge in [-0.1, -0.05) is 24.4 Å². The fourth-order valence-electron chi connectivity index (χ4n) is 3.17. The minimum absolute atomic E-state index is 0.113. The summed E-state index contributed by atoms with van der Waals surface area (Å²) >= 11 is 5.95. The molecule has 1 unspecified atom stereocenters. The standard InChI is InChI=1S/C15H22ClFN2O/c1-2-20-15(7-3-4-8-15)14(19-18)10-11-9-12(16)5-6-13(11)17/h5-6,9,14,19H,2-4,7-8,10,18H2,1H3. The molecule has 2 rings (SSSR count). The van der Waals surface area contributed by atoms with Gasteiger partial charge in [-0.05, 0) is 49.9 Å². The predicted octanol–water partition coefficient (Wildman–Crippen LogP) is 3.20. The minimum Gasteiger partial charge on any atom is -0.374 e. The van der Waals surface area contributed by atoms with Crippen molar-refractivity contribution >= 4 is 11.6 Å². The van der Waals surface area contributed by atoms with Crippen LogP contribution in [0, 0.1) is 5.82 Å². The van der Waals surface area contributed by atoms with Gasteiger partial charge in [0.1, 0.15) is 5.82 Å². The van der Waals surface area contributed by atoms with Crippen LogP contribution in [0.3, 0.4) is 0 Å². The van der Waals surface area contributed by atoms with Gasteiger partial charge in [-0.25, -0.2) is 4.39 Å². The maximum atomic E-state index is 13.9. The van der Waals surface area contributed by atoms with E-state index in [0.29, 0.717) is 23.6 Å². The Balaban J connectivity index is 2.21. The van der Waals surface area contributed by atoms with Crippen LogP contribution in [-0.4, -0.2) is 18.2 Å². The Bertz CT molecular complexity index is 449. The van der Waals surface area contributed by atoms with Crippen molar-refractivity contribution in [3.05, 3.63) is 34.6 Å². The van der Waals surface area contributed by atoms with Gasteiger partial charge >= 0.3 is 0 Å². The SMILES string of the molecule is CCOC1(C(Cc2cc(Cl)ccc2F)NN)CCCC1. The topological polar surface area (TPSA) is 47.3 Å². The lowest BCUT2D eigenvalue weighted by atomic mass is 9.87. The number of halogens is 2. The number of benzene rings is 1. The summed E-state index contributed by atoms with van der Waals surface area (Å²) in [5, 5.41) is 0.536. The molecule has 0 heterocycles. The van der Waals surface area contributed by atoms with Crippen LogP contribution in [0.2, 0.25) is 5.02 Å². The Kier molecular flexibility index (Phi) is 5.38. The summed E-state index contributed by atoms with van der Waals surface area (Å²) in [6.07, 6.45) is 4.63. The molecule has 0 bridgehead atoms. The molecule has 0 amide bonds. The molecular formula is C15H22ClFN2O. The highest BCUT2D eigenvalue weighted by Crippen LogP contribution is 2.37. The molecule has 0 aromatic heterocycles. The Morgan fingerprint density at radius 2 is 2.15 bits per heavy atom. The molecule has 1 aromatic rings. The van der Waals surface area contributed by atoms with Crippen molar-refractivity contribution in [1.82, 2.24) is 5.43 Å². The monoisotopic (exact) mass is 300 g/mol. The van der Waals surface area contributed by atoms with Crippen molar-refractivity contribution in [2.24, 2.45) is 5.84 Å². The smallest absolute Gasteiger partial charge is 0.126 e. The van der Waals surface area contributed by atoms with E-state index in [9.17, 15) is 4.39 Å². The normalized spacial score (nSPS) is 19.2. The van der Waals surface area contributed by atoms with Crippen LogP contribution in [-0.2, 0) is 11.2 Å². The third-order valence-electron chi connectivity index (χ3n) is 4.15. The number of hydrogen-bond acceptors (Lipinski definition) is 3. The van der Waals surface area contributed by atoms with Gasteiger partial charge in [-0.3, -0.25) is 11.3 Å². The number of hydrazine groups is 1. The van der Waals surface area contributed by atoms with Crippen molar-refractivity contribution in [3.63, 3.8) is 0 Å². The van der Waals surface area contributed by atoms with E-state index < -0.39 is 0 Å². The summed E-state index contributed by atoms with van der Waals surface area (Å²) in [4.78, 5) is 0. The molecule has 1 atom stereocenters. The highest BCUT2D eigenvalue weighted by molar-refractivity contribution is 6.30. The number of rotatable bonds is 6. The second-order valence-electron chi connectivity index (χ2n) is 5.36. The van der Waals surface area contributed by atoms with E-state index in [0.717, 1.165) is 25.7 Å². The summed E-state index contributed by atoms with van der Waals surface area (Å²) in [5.41, 5.74) is 3.11. The summed E-state index contributed by atoms with van der Waals surface area (Å²) < 4.78 is 19.9. The number of nitrogens with two attached hydrogens (primary N) is 1. The van der Waals surface area contributed by atoms with Gasteiger partial charge in [0, 0.05) is 11.6 Å². The Morgan fingerprint density at radius 1 is 1.45 bits per heavy atom. The Morgan fingerprint density at radius 3 is 2.75 bits per heavy atom. The first-order chi connectivity index (χ1) is 9.61. The van der Waals surface area contributed by atoms with Crippen LogP contribution in [0.5, 0.6) is 0 Å². The van der Waals surface area contributed by atoms with Crippen LogP contribution in [0.4, 0.5) is 4.39 Å². The molecule has 0 radical (unpaired) electrons. The van der Waals surface area contributed by atoms with E-state index in [1.165, 1.54) is 6.07 Å². The summed E-state index contributed by atoms with van der Waals surface area (Å²) in [7, 11) is 0. The first-order valence-corrected chi connectivity index (χ1v) is 7.53. The van der Waals surface area contributed by atoms with E-state index in [-0.39, 0.29) is 17.5 Å². The third kappa shape index (κ3) is 3.31. The molecule has 112 valence electrons. The van der Waals surface area contributed by atoms with Gasteiger partial charge in [0.15, 0.2) is 0 Å². The molecule has 1 aromatic carbocycles. The van der Waals surface area contributed by atoms with Gasteiger partial charge in [-0.2, -0.15) is 0 Å². The zero-order chi connectivity index (χ0) is 14.6. The van der Waals surface area contributed by atoms with Crippen molar-refractivity contribution in [1.29, 1.82) is 0 Å².